The van der Waals surface area contributed by atoms with Crippen LogP contribution in [0.15, 0.2) is 0 Å². The lowest BCUT2D eigenvalue weighted by molar-refractivity contribution is 0.514. The Balaban J connectivity index is 3.96. The highest BCUT2D eigenvalue weighted by atomic mass is 32.3. The van der Waals surface area contributed by atoms with E-state index in [0.717, 1.165) is 0 Å². The predicted molar refractivity (Wildman–Crippen MR) is 52.3 cm³/mol. The molecule has 10 heteroatoms. The molecule has 0 radical (unpaired) electrons. The summed E-state index contributed by atoms with van der Waals surface area (Å²) in [6.07, 6.45) is -0.133. The van der Waals surface area contributed by atoms with Gasteiger partial charge in [0.15, 0.2) is 0 Å². The molecule has 0 spiro atoms. The Morgan fingerprint density at radius 2 is 1.15 bits per heavy atom. The second-order valence-corrected chi connectivity index (χ2v) is 6.27. The third-order valence-electron chi connectivity index (χ3n) is 1.02. The molecule has 0 atom stereocenters. The molecular weight excluding hydrogens is 260 g/mol. The quantitative estimate of drug-likeness (QED) is 0.511. The molecular formula is C3H8O6S4. The Kier molecular flexibility index (Phi) is 5.63. The van der Waals surface area contributed by atoms with Gasteiger partial charge in [-0.05, 0) is 32.2 Å². The first kappa shape index (κ1) is 13.5. The Morgan fingerprint density at radius 3 is 1.38 bits per heavy atom. The maximum Gasteiger partial charge on any atom is 0.277 e. The fraction of sp³-hybridized carbons (Fsp3) is 1.00. The minimum atomic E-state index is -3.73. The summed E-state index contributed by atoms with van der Waals surface area (Å²) in [6.45, 7) is 0. The highest BCUT2D eigenvalue weighted by Gasteiger charge is 2.14. The van der Waals surface area contributed by atoms with Crippen molar-refractivity contribution in [1.29, 1.82) is 0 Å². The first-order chi connectivity index (χ1) is 5.83. The summed E-state index contributed by atoms with van der Waals surface area (Å²) in [5.74, 6) is -0.875. The summed E-state index contributed by atoms with van der Waals surface area (Å²) in [4.78, 5) is 0. The Bertz CT molecular complexity index is 293. The summed E-state index contributed by atoms with van der Waals surface area (Å²) in [5, 5.41) is 0. The standard InChI is InChI=1S/C3H8O6S4/c4-12(5,8-10)2-1-3-13(6,7)9-11/h10-11H,1-3H2. The lowest BCUT2D eigenvalue weighted by atomic mass is 10.6. The molecule has 0 saturated heterocycles. The van der Waals surface area contributed by atoms with Gasteiger partial charge in [0.25, 0.3) is 20.2 Å². The lowest BCUT2D eigenvalue weighted by Crippen LogP contribution is -2.12. The van der Waals surface area contributed by atoms with Crippen molar-refractivity contribution in [2.45, 2.75) is 6.42 Å². The molecule has 13 heavy (non-hydrogen) atoms. The summed E-state index contributed by atoms with van der Waals surface area (Å²) in [5.41, 5.74) is 0. The van der Waals surface area contributed by atoms with E-state index >= 15 is 0 Å². The third-order valence-corrected chi connectivity index (χ3v) is 4.41. The van der Waals surface area contributed by atoms with Crippen LogP contribution in [0.5, 0.6) is 0 Å². The van der Waals surface area contributed by atoms with E-state index in [9.17, 15) is 16.8 Å². The van der Waals surface area contributed by atoms with Crippen molar-refractivity contribution in [1.82, 2.24) is 0 Å². The predicted octanol–water partition coefficient (Wildman–Crippen LogP) is -0.241. The minimum absolute atomic E-state index is 0.133. The van der Waals surface area contributed by atoms with E-state index in [4.69, 9.17) is 0 Å². The first-order valence-electron chi connectivity index (χ1n) is 2.94. The van der Waals surface area contributed by atoms with Crippen LogP contribution in [0.25, 0.3) is 0 Å². The average Bonchev–Trinajstić information content (AvgIpc) is 2.04. The molecule has 0 N–H and O–H groups in total. The van der Waals surface area contributed by atoms with Crippen molar-refractivity contribution in [3.05, 3.63) is 0 Å². The minimum Gasteiger partial charge on any atom is -0.201 e. The van der Waals surface area contributed by atoms with Crippen molar-refractivity contribution in [3.63, 3.8) is 0 Å². The van der Waals surface area contributed by atoms with Crippen molar-refractivity contribution in [3.8, 4) is 0 Å². The molecule has 0 aliphatic heterocycles. The molecule has 0 heterocycles. The summed E-state index contributed by atoms with van der Waals surface area (Å²) < 4.78 is 50.1. The van der Waals surface area contributed by atoms with Crippen molar-refractivity contribution >= 4 is 46.1 Å². The summed E-state index contributed by atoms with van der Waals surface area (Å²) in [6, 6.07) is 0. The molecule has 0 rings (SSSR count). The maximum atomic E-state index is 10.6. The molecule has 0 amide bonds. The Hall–Kier alpha value is 0.520. The summed E-state index contributed by atoms with van der Waals surface area (Å²) in [7, 11) is -7.46. The van der Waals surface area contributed by atoms with E-state index in [0.29, 0.717) is 0 Å². The third kappa shape index (κ3) is 6.57. The monoisotopic (exact) mass is 268 g/mol. The topological polar surface area (TPSA) is 86.7 Å². The number of hydrogen-bond donors (Lipinski definition) is 2. The molecule has 0 aliphatic carbocycles. The van der Waals surface area contributed by atoms with Crippen LogP contribution in [-0.2, 0) is 27.5 Å². The zero-order valence-corrected chi connectivity index (χ0v) is 9.70. The molecule has 0 aromatic carbocycles. The van der Waals surface area contributed by atoms with E-state index in [1.165, 1.54) is 0 Å². The van der Waals surface area contributed by atoms with Crippen molar-refractivity contribution in [2.75, 3.05) is 11.5 Å². The van der Waals surface area contributed by atoms with Gasteiger partial charge < -0.3 is 0 Å². The van der Waals surface area contributed by atoms with E-state index < -0.39 is 31.7 Å². The smallest absolute Gasteiger partial charge is 0.201 e. The maximum absolute atomic E-state index is 10.6. The van der Waals surface area contributed by atoms with Crippen LogP contribution < -0.4 is 0 Å². The van der Waals surface area contributed by atoms with Crippen LogP contribution in [0.1, 0.15) is 6.42 Å². The fourth-order valence-corrected chi connectivity index (χ4v) is 2.26. The van der Waals surface area contributed by atoms with Gasteiger partial charge in [-0.3, -0.25) is 0 Å². The van der Waals surface area contributed by atoms with Crippen molar-refractivity contribution < 1.29 is 24.1 Å². The number of rotatable bonds is 6. The molecule has 6 nitrogen and oxygen atoms in total. The van der Waals surface area contributed by atoms with Gasteiger partial charge in [-0.15, -0.1) is 0 Å². The van der Waals surface area contributed by atoms with Gasteiger partial charge in [0.05, 0.1) is 11.5 Å². The Morgan fingerprint density at radius 1 is 0.846 bits per heavy atom. The number of thiol groups is 2. The molecule has 0 aromatic rings. The van der Waals surface area contributed by atoms with Crippen LogP contribution in [-0.4, -0.2) is 28.3 Å². The average molecular weight is 268 g/mol. The van der Waals surface area contributed by atoms with Crippen molar-refractivity contribution in [2.24, 2.45) is 0 Å². The SMILES string of the molecule is O=S(=O)(CCCS(=O)(=O)OS)OS. The second-order valence-electron chi connectivity index (χ2n) is 2.03. The highest BCUT2D eigenvalue weighted by molar-refractivity contribution is 7.96. The molecule has 0 aromatic heterocycles. The zero-order chi connectivity index (χ0) is 10.5. The lowest BCUT2D eigenvalue weighted by Gasteiger charge is -1.99. The van der Waals surface area contributed by atoms with Gasteiger partial charge in [0, 0.05) is 0 Å². The van der Waals surface area contributed by atoms with Gasteiger partial charge in [0.1, 0.15) is 0 Å². The normalized spacial score (nSPS) is 13.1. The first-order valence-corrected chi connectivity index (χ1v) is 6.83. The summed E-state index contributed by atoms with van der Waals surface area (Å²) >= 11 is 6.17. The van der Waals surface area contributed by atoms with Crippen LogP contribution in [0, 0.1) is 0 Å². The van der Waals surface area contributed by atoms with E-state index in [1.54, 1.807) is 0 Å². The van der Waals surface area contributed by atoms with E-state index in [1.807, 2.05) is 0 Å². The molecule has 0 saturated carbocycles. The fourth-order valence-electron chi connectivity index (χ4n) is 0.487. The molecule has 0 aliphatic rings. The van der Waals surface area contributed by atoms with Crippen LogP contribution in [0.4, 0.5) is 0 Å². The highest BCUT2D eigenvalue weighted by Crippen LogP contribution is 2.03. The Labute approximate surface area is 88.1 Å². The van der Waals surface area contributed by atoms with Gasteiger partial charge in [-0.1, -0.05) is 0 Å². The second kappa shape index (κ2) is 5.41. The number of hydrogen-bond acceptors (Lipinski definition) is 8. The van der Waals surface area contributed by atoms with Gasteiger partial charge in [-0.2, -0.15) is 16.8 Å². The van der Waals surface area contributed by atoms with Crippen LogP contribution in [0.3, 0.4) is 0 Å². The van der Waals surface area contributed by atoms with Gasteiger partial charge in [0.2, 0.25) is 0 Å². The van der Waals surface area contributed by atoms with Crippen LogP contribution >= 0.6 is 25.8 Å². The van der Waals surface area contributed by atoms with Crippen LogP contribution in [0.2, 0.25) is 0 Å². The van der Waals surface area contributed by atoms with E-state index in [-0.39, 0.29) is 6.42 Å². The largest absolute Gasteiger partial charge is 0.277 e. The molecule has 0 unspecified atom stereocenters. The van der Waals surface area contributed by atoms with Gasteiger partial charge in [-0.25, -0.2) is 7.26 Å². The molecule has 0 fully saturated rings. The van der Waals surface area contributed by atoms with Gasteiger partial charge >= 0.3 is 0 Å². The molecule has 80 valence electrons. The van der Waals surface area contributed by atoms with E-state index in [2.05, 4.69) is 33.1 Å². The zero-order valence-electron chi connectivity index (χ0n) is 6.28. The molecule has 0 bridgehead atoms.